The number of nitrogens with zero attached hydrogens (tertiary/aromatic N) is 2. The number of nitrogens with one attached hydrogen (secondary N) is 1. The highest BCUT2D eigenvalue weighted by Crippen LogP contribution is 2.12. The molecule has 17 heavy (non-hydrogen) atoms. The van der Waals surface area contributed by atoms with Gasteiger partial charge in [0.1, 0.15) is 0 Å². The fourth-order valence-electron chi connectivity index (χ4n) is 2.38. The predicted molar refractivity (Wildman–Crippen MR) is 70.6 cm³/mol. The number of hydrogen-bond acceptors (Lipinski definition) is 4. The van der Waals surface area contributed by atoms with Crippen LogP contribution in [0.3, 0.4) is 0 Å². The maximum Gasteiger partial charge on any atom is 0.211 e. The number of piperazine rings is 1. The summed E-state index contributed by atoms with van der Waals surface area (Å²) in [5.41, 5.74) is 0. The van der Waals surface area contributed by atoms with Crippen molar-refractivity contribution in [2.24, 2.45) is 0 Å². The zero-order valence-corrected chi connectivity index (χ0v) is 12.0. The first-order chi connectivity index (χ1) is 7.99. The smallest absolute Gasteiger partial charge is 0.211 e. The van der Waals surface area contributed by atoms with Gasteiger partial charge in [-0.3, -0.25) is 4.90 Å². The van der Waals surface area contributed by atoms with Crippen molar-refractivity contribution in [2.75, 3.05) is 46.0 Å². The van der Waals surface area contributed by atoms with Crippen LogP contribution in [-0.4, -0.2) is 69.7 Å². The lowest BCUT2D eigenvalue weighted by atomic mass is 10.1. The summed E-state index contributed by atoms with van der Waals surface area (Å²) >= 11 is 0. The molecule has 0 aromatic heterocycles. The Morgan fingerprint density at radius 2 is 1.82 bits per heavy atom. The first-order valence-electron chi connectivity index (χ1n) is 6.32. The molecule has 0 saturated carbocycles. The van der Waals surface area contributed by atoms with Crippen LogP contribution in [0.4, 0.5) is 0 Å². The molecule has 6 heteroatoms. The average molecular weight is 263 g/mol. The van der Waals surface area contributed by atoms with Crippen LogP contribution in [0.25, 0.3) is 0 Å². The first kappa shape index (κ1) is 14.9. The molecular weight excluding hydrogens is 238 g/mol. The van der Waals surface area contributed by atoms with Crippen molar-refractivity contribution in [1.29, 1.82) is 0 Å². The molecule has 0 aromatic rings. The molecule has 1 fully saturated rings. The van der Waals surface area contributed by atoms with E-state index in [2.05, 4.69) is 17.1 Å². The van der Waals surface area contributed by atoms with Gasteiger partial charge in [0.25, 0.3) is 0 Å². The summed E-state index contributed by atoms with van der Waals surface area (Å²) in [4.78, 5) is 2.40. The number of hydrogen-bond donors (Lipinski definition) is 1. The van der Waals surface area contributed by atoms with Crippen molar-refractivity contribution in [2.45, 2.75) is 25.8 Å². The van der Waals surface area contributed by atoms with Crippen LogP contribution in [0.5, 0.6) is 0 Å². The molecule has 0 aromatic carbocycles. The molecule has 1 unspecified atom stereocenters. The molecule has 1 saturated heterocycles. The van der Waals surface area contributed by atoms with Gasteiger partial charge in [0.2, 0.25) is 10.0 Å². The number of rotatable bonds is 6. The maximum absolute atomic E-state index is 11.4. The fraction of sp³-hybridized carbons (Fsp3) is 1.00. The van der Waals surface area contributed by atoms with Gasteiger partial charge in [-0.15, -0.1) is 0 Å². The number of sulfonamides is 1. The van der Waals surface area contributed by atoms with E-state index >= 15 is 0 Å². The lowest BCUT2D eigenvalue weighted by molar-refractivity contribution is 0.130. The summed E-state index contributed by atoms with van der Waals surface area (Å²) in [7, 11) is -1.04. The van der Waals surface area contributed by atoms with Gasteiger partial charge in [0.05, 0.1) is 6.26 Å². The van der Waals surface area contributed by atoms with Crippen LogP contribution in [0.2, 0.25) is 0 Å². The molecular formula is C11H25N3O2S. The second-order valence-corrected chi connectivity index (χ2v) is 6.68. The Bertz CT molecular complexity index is 305. The Morgan fingerprint density at radius 3 is 2.24 bits per heavy atom. The minimum absolute atomic E-state index is 0.534. The van der Waals surface area contributed by atoms with Crippen LogP contribution < -0.4 is 5.32 Å². The molecule has 0 aliphatic carbocycles. The third-order valence-corrected chi connectivity index (χ3v) is 4.62. The van der Waals surface area contributed by atoms with Gasteiger partial charge in [0, 0.05) is 38.8 Å². The Labute approximate surface area is 105 Å². The summed E-state index contributed by atoms with van der Waals surface area (Å²) in [6.07, 6.45) is 3.62. The van der Waals surface area contributed by atoms with E-state index in [1.807, 2.05) is 7.05 Å². The van der Waals surface area contributed by atoms with Gasteiger partial charge in [0.15, 0.2) is 0 Å². The van der Waals surface area contributed by atoms with Crippen molar-refractivity contribution in [3.05, 3.63) is 0 Å². The molecule has 5 nitrogen and oxygen atoms in total. The van der Waals surface area contributed by atoms with Crippen molar-refractivity contribution in [3.8, 4) is 0 Å². The molecule has 0 radical (unpaired) electrons. The minimum atomic E-state index is -3.01. The Morgan fingerprint density at radius 1 is 1.24 bits per heavy atom. The SMILES string of the molecule is CCCC(CNC)N1CCN(S(C)(=O)=O)CC1. The fourth-order valence-corrected chi connectivity index (χ4v) is 3.21. The van der Waals surface area contributed by atoms with Gasteiger partial charge in [-0.1, -0.05) is 13.3 Å². The summed E-state index contributed by atoms with van der Waals surface area (Å²) in [6.45, 7) is 6.12. The Hall–Kier alpha value is -0.170. The second kappa shape index (κ2) is 6.68. The Balaban J connectivity index is 2.49. The molecule has 1 atom stereocenters. The van der Waals surface area contributed by atoms with E-state index < -0.39 is 10.0 Å². The molecule has 0 spiro atoms. The van der Waals surface area contributed by atoms with Gasteiger partial charge >= 0.3 is 0 Å². The van der Waals surface area contributed by atoms with Crippen LogP contribution in [0, 0.1) is 0 Å². The highest BCUT2D eigenvalue weighted by molar-refractivity contribution is 7.88. The van der Waals surface area contributed by atoms with Crippen LogP contribution in [0.1, 0.15) is 19.8 Å². The molecule has 1 heterocycles. The van der Waals surface area contributed by atoms with Crippen molar-refractivity contribution in [3.63, 3.8) is 0 Å². The van der Waals surface area contributed by atoms with E-state index in [0.29, 0.717) is 19.1 Å². The topological polar surface area (TPSA) is 52.6 Å². The molecule has 102 valence electrons. The van der Waals surface area contributed by atoms with E-state index in [9.17, 15) is 8.42 Å². The highest BCUT2D eigenvalue weighted by Gasteiger charge is 2.26. The highest BCUT2D eigenvalue weighted by atomic mass is 32.2. The predicted octanol–water partition coefficient (Wildman–Crippen LogP) is -0.0483. The Kier molecular flexibility index (Phi) is 5.85. The number of likely N-dealkylation sites (N-methyl/N-ethyl adjacent to an activating group) is 1. The quantitative estimate of drug-likeness (QED) is 0.730. The second-order valence-electron chi connectivity index (χ2n) is 4.70. The average Bonchev–Trinajstić information content (AvgIpc) is 2.28. The van der Waals surface area contributed by atoms with Gasteiger partial charge in [-0.05, 0) is 13.5 Å². The van der Waals surface area contributed by atoms with E-state index in [4.69, 9.17) is 0 Å². The van der Waals surface area contributed by atoms with Gasteiger partial charge < -0.3 is 5.32 Å². The van der Waals surface area contributed by atoms with Crippen LogP contribution in [0.15, 0.2) is 0 Å². The molecule has 0 bridgehead atoms. The van der Waals surface area contributed by atoms with E-state index in [1.54, 1.807) is 4.31 Å². The lowest BCUT2D eigenvalue weighted by Gasteiger charge is -2.38. The zero-order chi connectivity index (χ0) is 12.9. The monoisotopic (exact) mass is 263 g/mol. The normalized spacial score (nSPS) is 21.6. The summed E-state index contributed by atoms with van der Waals surface area (Å²) < 4.78 is 24.4. The minimum Gasteiger partial charge on any atom is -0.318 e. The molecule has 1 N–H and O–H groups in total. The lowest BCUT2D eigenvalue weighted by Crippen LogP contribution is -2.53. The van der Waals surface area contributed by atoms with E-state index in [-0.39, 0.29) is 0 Å². The standard InChI is InChI=1S/C11H25N3O2S/c1-4-5-11(10-12-2)13-6-8-14(9-7-13)17(3,15)16/h11-12H,4-10H2,1-3H3. The molecule has 1 rings (SSSR count). The van der Waals surface area contributed by atoms with Crippen LogP contribution >= 0.6 is 0 Å². The molecule has 1 aliphatic rings. The van der Waals surface area contributed by atoms with Crippen molar-refractivity contribution < 1.29 is 8.42 Å². The molecule has 1 aliphatic heterocycles. The maximum atomic E-state index is 11.4. The van der Waals surface area contributed by atoms with Gasteiger partial charge in [-0.2, -0.15) is 4.31 Å². The zero-order valence-electron chi connectivity index (χ0n) is 11.1. The third kappa shape index (κ3) is 4.54. The summed E-state index contributed by atoms with van der Waals surface area (Å²) in [6, 6.07) is 0.534. The van der Waals surface area contributed by atoms with Crippen LogP contribution in [-0.2, 0) is 10.0 Å². The summed E-state index contributed by atoms with van der Waals surface area (Å²) in [5.74, 6) is 0. The van der Waals surface area contributed by atoms with Crippen molar-refractivity contribution >= 4 is 10.0 Å². The largest absolute Gasteiger partial charge is 0.318 e. The third-order valence-electron chi connectivity index (χ3n) is 3.32. The van der Waals surface area contributed by atoms with Gasteiger partial charge in [-0.25, -0.2) is 8.42 Å². The van der Waals surface area contributed by atoms with E-state index in [0.717, 1.165) is 19.6 Å². The van der Waals surface area contributed by atoms with Crippen molar-refractivity contribution in [1.82, 2.24) is 14.5 Å². The summed E-state index contributed by atoms with van der Waals surface area (Å²) in [5, 5.41) is 3.22. The first-order valence-corrected chi connectivity index (χ1v) is 8.17. The molecule has 0 amide bonds. The van der Waals surface area contributed by atoms with E-state index in [1.165, 1.54) is 19.1 Å².